The van der Waals surface area contributed by atoms with Gasteiger partial charge >= 0.3 is 0 Å². The summed E-state index contributed by atoms with van der Waals surface area (Å²) in [6, 6.07) is 12.3. The van der Waals surface area contributed by atoms with Gasteiger partial charge in [-0.2, -0.15) is 0 Å². The first kappa shape index (κ1) is 18.3. The molecule has 2 aromatic rings. The fourth-order valence-electron chi connectivity index (χ4n) is 3.16. The number of rotatable bonds is 5. The highest BCUT2D eigenvalue weighted by atomic mass is 32.2. The fourth-order valence-corrected chi connectivity index (χ4v) is 3.71. The van der Waals surface area contributed by atoms with Crippen molar-refractivity contribution in [3.8, 4) is 0 Å². The van der Waals surface area contributed by atoms with Crippen LogP contribution >= 0.6 is 11.8 Å². The van der Waals surface area contributed by atoms with E-state index in [0.717, 1.165) is 37.3 Å². The van der Waals surface area contributed by atoms with E-state index in [2.05, 4.69) is 10.2 Å². The van der Waals surface area contributed by atoms with Gasteiger partial charge < -0.3 is 10.2 Å². The van der Waals surface area contributed by atoms with Gasteiger partial charge in [0.25, 0.3) is 11.6 Å². The van der Waals surface area contributed by atoms with E-state index in [0.29, 0.717) is 4.90 Å². The summed E-state index contributed by atoms with van der Waals surface area (Å²) in [4.78, 5) is 26.3. The molecular formula is C19H21N3O3S. The lowest BCUT2D eigenvalue weighted by molar-refractivity contribution is -0.387. The van der Waals surface area contributed by atoms with Crippen LogP contribution in [-0.2, 0) is 0 Å². The molecule has 0 aromatic heterocycles. The van der Waals surface area contributed by atoms with Crippen LogP contribution in [0.5, 0.6) is 0 Å². The van der Waals surface area contributed by atoms with Crippen molar-refractivity contribution in [2.24, 2.45) is 0 Å². The van der Waals surface area contributed by atoms with Crippen LogP contribution in [0.25, 0.3) is 0 Å². The lowest BCUT2D eigenvalue weighted by Crippen LogP contribution is -2.30. The number of nitrogens with one attached hydrogen (secondary N) is 1. The first-order valence-corrected chi connectivity index (χ1v) is 9.80. The third-order valence-electron chi connectivity index (χ3n) is 4.49. The standard InChI is InChI=1S/C19H21N3O3S/c1-26-18-10-9-14(13-17(18)22(24)25)19(23)20-15-7-3-4-8-16(15)21-11-5-2-6-12-21/h3-4,7-10,13H,2,5-6,11-12H2,1H3,(H,20,23). The van der Waals surface area contributed by atoms with Crippen LogP contribution in [0.15, 0.2) is 47.4 Å². The van der Waals surface area contributed by atoms with Gasteiger partial charge in [-0.1, -0.05) is 12.1 Å². The Hall–Kier alpha value is -2.54. The average Bonchev–Trinajstić information content (AvgIpc) is 2.68. The van der Waals surface area contributed by atoms with Gasteiger partial charge in [-0.3, -0.25) is 14.9 Å². The Morgan fingerprint density at radius 1 is 1.15 bits per heavy atom. The quantitative estimate of drug-likeness (QED) is 0.474. The zero-order chi connectivity index (χ0) is 18.5. The molecular weight excluding hydrogens is 350 g/mol. The molecule has 0 spiro atoms. The van der Waals surface area contributed by atoms with Crippen LogP contribution in [0.4, 0.5) is 17.1 Å². The monoisotopic (exact) mass is 371 g/mol. The summed E-state index contributed by atoms with van der Waals surface area (Å²) in [6.45, 7) is 1.95. The highest BCUT2D eigenvalue weighted by Crippen LogP contribution is 2.31. The number of carbonyl (C=O) groups excluding carboxylic acids is 1. The number of nitro benzene ring substituents is 1. The van der Waals surface area contributed by atoms with Crippen LogP contribution in [0.2, 0.25) is 0 Å². The van der Waals surface area contributed by atoms with Crippen molar-refractivity contribution in [3.05, 3.63) is 58.1 Å². The van der Waals surface area contributed by atoms with Gasteiger partial charge in [-0.15, -0.1) is 11.8 Å². The maximum absolute atomic E-state index is 12.7. The smallest absolute Gasteiger partial charge is 0.283 e. The topological polar surface area (TPSA) is 75.5 Å². The number of anilines is 2. The zero-order valence-corrected chi connectivity index (χ0v) is 15.4. The molecule has 1 N–H and O–H groups in total. The maximum atomic E-state index is 12.7. The summed E-state index contributed by atoms with van der Waals surface area (Å²) in [5.41, 5.74) is 1.96. The highest BCUT2D eigenvalue weighted by molar-refractivity contribution is 7.98. The van der Waals surface area contributed by atoms with Gasteiger partial charge in [-0.05, 0) is 49.8 Å². The number of thioether (sulfide) groups is 1. The van der Waals surface area contributed by atoms with Gasteiger partial charge in [-0.25, -0.2) is 0 Å². The summed E-state index contributed by atoms with van der Waals surface area (Å²) < 4.78 is 0. The third kappa shape index (κ3) is 3.99. The van der Waals surface area contributed by atoms with Gasteiger partial charge in [0.15, 0.2) is 0 Å². The molecule has 136 valence electrons. The van der Waals surface area contributed by atoms with E-state index in [4.69, 9.17) is 0 Å². The van der Waals surface area contributed by atoms with Crippen molar-refractivity contribution < 1.29 is 9.72 Å². The normalized spacial score (nSPS) is 14.1. The van der Waals surface area contributed by atoms with E-state index in [1.807, 2.05) is 24.3 Å². The number of nitrogens with zero attached hydrogens (tertiary/aromatic N) is 2. The number of hydrogen-bond donors (Lipinski definition) is 1. The predicted octanol–water partition coefficient (Wildman–Crippen LogP) is 4.56. The van der Waals surface area contributed by atoms with Crippen molar-refractivity contribution in [2.45, 2.75) is 24.2 Å². The van der Waals surface area contributed by atoms with Crippen LogP contribution in [0.1, 0.15) is 29.6 Å². The number of para-hydroxylation sites is 2. The molecule has 1 saturated heterocycles. The summed E-state index contributed by atoms with van der Waals surface area (Å²) in [5.74, 6) is -0.342. The Labute approximate surface area is 156 Å². The SMILES string of the molecule is CSc1ccc(C(=O)Nc2ccccc2N2CCCCC2)cc1[N+](=O)[O-]. The minimum atomic E-state index is -0.454. The molecule has 26 heavy (non-hydrogen) atoms. The molecule has 1 amide bonds. The molecule has 6 nitrogen and oxygen atoms in total. The molecule has 1 fully saturated rings. The summed E-state index contributed by atoms with van der Waals surface area (Å²) in [7, 11) is 0. The third-order valence-corrected chi connectivity index (χ3v) is 5.27. The first-order valence-electron chi connectivity index (χ1n) is 8.58. The predicted molar refractivity (Wildman–Crippen MR) is 105 cm³/mol. The Kier molecular flexibility index (Phi) is 5.78. The number of piperidine rings is 1. The fraction of sp³-hybridized carbons (Fsp3) is 0.316. The van der Waals surface area contributed by atoms with E-state index >= 15 is 0 Å². The van der Waals surface area contributed by atoms with E-state index in [-0.39, 0.29) is 17.2 Å². The second-order valence-electron chi connectivity index (χ2n) is 6.16. The van der Waals surface area contributed by atoms with E-state index in [1.165, 1.54) is 24.2 Å². The molecule has 3 rings (SSSR count). The Morgan fingerprint density at radius 3 is 2.58 bits per heavy atom. The van der Waals surface area contributed by atoms with Crippen LogP contribution in [0.3, 0.4) is 0 Å². The zero-order valence-electron chi connectivity index (χ0n) is 14.6. The molecule has 0 aliphatic carbocycles. The second-order valence-corrected chi connectivity index (χ2v) is 7.01. The first-order chi connectivity index (χ1) is 12.6. The largest absolute Gasteiger partial charge is 0.370 e. The molecule has 0 radical (unpaired) electrons. The van der Waals surface area contributed by atoms with E-state index in [9.17, 15) is 14.9 Å². The molecule has 2 aromatic carbocycles. The number of nitro groups is 1. The number of benzene rings is 2. The van der Waals surface area contributed by atoms with E-state index in [1.54, 1.807) is 18.4 Å². The number of hydrogen-bond acceptors (Lipinski definition) is 5. The minimum absolute atomic E-state index is 0.0468. The number of carbonyl (C=O) groups is 1. The Bertz CT molecular complexity index is 819. The second kappa shape index (κ2) is 8.23. The molecule has 0 unspecified atom stereocenters. The molecule has 0 atom stereocenters. The van der Waals surface area contributed by atoms with Crippen LogP contribution in [0, 0.1) is 10.1 Å². The summed E-state index contributed by atoms with van der Waals surface area (Å²) in [5, 5.41) is 14.1. The van der Waals surface area contributed by atoms with Crippen molar-refractivity contribution >= 4 is 34.7 Å². The van der Waals surface area contributed by atoms with Gasteiger partial charge in [0.2, 0.25) is 0 Å². The van der Waals surface area contributed by atoms with Gasteiger partial charge in [0.05, 0.1) is 21.2 Å². The van der Waals surface area contributed by atoms with Crippen molar-refractivity contribution in [1.82, 2.24) is 0 Å². The Morgan fingerprint density at radius 2 is 1.88 bits per heavy atom. The minimum Gasteiger partial charge on any atom is -0.370 e. The molecule has 1 aliphatic rings. The maximum Gasteiger partial charge on any atom is 0.283 e. The lowest BCUT2D eigenvalue weighted by atomic mass is 10.1. The van der Waals surface area contributed by atoms with Crippen molar-refractivity contribution in [1.29, 1.82) is 0 Å². The lowest BCUT2D eigenvalue weighted by Gasteiger charge is -2.30. The molecule has 0 bridgehead atoms. The van der Waals surface area contributed by atoms with Gasteiger partial charge in [0.1, 0.15) is 0 Å². The Balaban J connectivity index is 1.84. The molecule has 1 heterocycles. The van der Waals surface area contributed by atoms with Gasteiger partial charge in [0, 0.05) is 24.7 Å². The van der Waals surface area contributed by atoms with Crippen LogP contribution < -0.4 is 10.2 Å². The average molecular weight is 371 g/mol. The number of amides is 1. The van der Waals surface area contributed by atoms with Crippen LogP contribution in [-0.4, -0.2) is 30.2 Å². The molecule has 1 aliphatic heterocycles. The summed E-state index contributed by atoms with van der Waals surface area (Å²) in [6.07, 6.45) is 5.29. The highest BCUT2D eigenvalue weighted by Gasteiger charge is 2.19. The van der Waals surface area contributed by atoms with E-state index < -0.39 is 4.92 Å². The van der Waals surface area contributed by atoms with Crippen molar-refractivity contribution in [3.63, 3.8) is 0 Å². The molecule has 0 saturated carbocycles. The molecule has 7 heteroatoms. The van der Waals surface area contributed by atoms with Crippen molar-refractivity contribution in [2.75, 3.05) is 29.6 Å². The summed E-state index contributed by atoms with van der Waals surface area (Å²) >= 11 is 1.29.